The Morgan fingerprint density at radius 1 is 1.04 bits per heavy atom. The van der Waals surface area contributed by atoms with Crippen LogP contribution in [0, 0.1) is 5.41 Å². The van der Waals surface area contributed by atoms with Crippen LogP contribution in [-0.4, -0.2) is 57.8 Å². The molecule has 0 aromatic carbocycles. The molecule has 1 saturated heterocycles. The zero-order valence-corrected chi connectivity index (χ0v) is 17.0. The van der Waals surface area contributed by atoms with Crippen molar-refractivity contribution in [2.75, 3.05) is 32.7 Å². The summed E-state index contributed by atoms with van der Waals surface area (Å²) in [6.07, 6.45) is 2.00. The molecule has 5 heteroatoms. The van der Waals surface area contributed by atoms with Gasteiger partial charge in [0.1, 0.15) is 5.82 Å². The number of fused-ring (bicyclic) bond motifs is 1. The van der Waals surface area contributed by atoms with Crippen LogP contribution in [0.1, 0.15) is 57.9 Å². The van der Waals surface area contributed by atoms with Crippen LogP contribution in [0.4, 0.5) is 0 Å². The van der Waals surface area contributed by atoms with E-state index in [9.17, 15) is 4.79 Å². The smallest absolute Gasteiger partial charge is 0.274 e. The molecule has 26 heavy (non-hydrogen) atoms. The highest BCUT2D eigenvalue weighted by atomic mass is 16.2. The maximum absolute atomic E-state index is 13.2. The summed E-state index contributed by atoms with van der Waals surface area (Å²) in [5, 5.41) is 0. The van der Waals surface area contributed by atoms with E-state index in [-0.39, 0.29) is 16.7 Å². The number of aromatic nitrogens is 2. The van der Waals surface area contributed by atoms with Crippen molar-refractivity contribution in [1.29, 1.82) is 0 Å². The molecule has 3 rings (SSSR count). The van der Waals surface area contributed by atoms with Crippen LogP contribution in [0.2, 0.25) is 0 Å². The first kappa shape index (κ1) is 18.9. The number of rotatable bonds is 2. The van der Waals surface area contributed by atoms with Crippen molar-refractivity contribution in [3.63, 3.8) is 0 Å². The van der Waals surface area contributed by atoms with Crippen LogP contribution in [0.3, 0.4) is 0 Å². The number of pyridine rings is 1. The lowest BCUT2D eigenvalue weighted by molar-refractivity contribution is 0.0589. The Balaban J connectivity index is 1.81. The molecule has 0 N–H and O–H groups in total. The molecule has 1 aliphatic heterocycles. The molecule has 1 aliphatic rings. The van der Waals surface area contributed by atoms with Gasteiger partial charge in [-0.1, -0.05) is 47.6 Å². The third kappa shape index (κ3) is 3.93. The summed E-state index contributed by atoms with van der Waals surface area (Å²) in [6, 6.07) is 5.95. The number of piperazine rings is 1. The van der Waals surface area contributed by atoms with Crippen LogP contribution < -0.4 is 0 Å². The van der Waals surface area contributed by atoms with E-state index < -0.39 is 0 Å². The first-order valence-corrected chi connectivity index (χ1v) is 9.55. The average Bonchev–Trinajstić information content (AvgIpc) is 2.93. The predicted molar refractivity (Wildman–Crippen MR) is 106 cm³/mol. The first-order chi connectivity index (χ1) is 12.1. The van der Waals surface area contributed by atoms with E-state index in [1.54, 1.807) is 0 Å². The Kier molecular flexibility index (Phi) is 4.86. The Hall–Kier alpha value is -1.88. The van der Waals surface area contributed by atoms with Gasteiger partial charge >= 0.3 is 0 Å². The monoisotopic (exact) mass is 356 g/mol. The van der Waals surface area contributed by atoms with Gasteiger partial charge in [0.15, 0.2) is 5.69 Å². The predicted octanol–water partition coefficient (Wildman–Crippen LogP) is 3.44. The fraction of sp³-hybridized carbons (Fsp3) is 0.619. The number of hydrogen-bond acceptors (Lipinski definition) is 3. The number of carbonyl (C=O) groups is 1. The highest BCUT2D eigenvalue weighted by Crippen LogP contribution is 2.25. The summed E-state index contributed by atoms with van der Waals surface area (Å²) in [7, 11) is 0. The number of imidazole rings is 1. The van der Waals surface area contributed by atoms with Crippen LogP contribution in [0.15, 0.2) is 24.4 Å². The number of nitrogens with zero attached hydrogens (tertiary/aromatic N) is 4. The quantitative estimate of drug-likeness (QED) is 0.828. The van der Waals surface area contributed by atoms with Gasteiger partial charge in [-0.25, -0.2) is 4.98 Å². The van der Waals surface area contributed by atoms with Gasteiger partial charge < -0.3 is 9.30 Å². The van der Waals surface area contributed by atoms with Crippen molar-refractivity contribution < 1.29 is 4.79 Å². The lowest BCUT2D eigenvalue weighted by Crippen LogP contribution is -2.50. The van der Waals surface area contributed by atoms with Gasteiger partial charge in [-0.2, -0.15) is 0 Å². The zero-order chi connectivity index (χ0) is 19.1. The minimum atomic E-state index is -0.117. The molecular formula is C21H32N4O. The highest BCUT2D eigenvalue weighted by Gasteiger charge is 2.29. The molecule has 3 heterocycles. The summed E-state index contributed by atoms with van der Waals surface area (Å²) in [5.41, 5.74) is 1.65. The molecule has 0 atom stereocenters. The standard InChI is InChI=1S/C21H32N4O/c1-20(2,3)15-23-11-13-24(14-12-23)18(26)17-16-9-7-8-10-25(16)19(22-17)21(4,5)6/h7-10H,11-15H2,1-6H3. The second kappa shape index (κ2) is 6.69. The van der Waals surface area contributed by atoms with Crippen molar-refractivity contribution in [2.45, 2.75) is 47.0 Å². The molecule has 1 fully saturated rings. The molecule has 5 nitrogen and oxygen atoms in total. The second-order valence-corrected chi connectivity index (χ2v) is 9.62. The molecule has 0 spiro atoms. The van der Waals surface area contributed by atoms with Crippen LogP contribution >= 0.6 is 0 Å². The van der Waals surface area contributed by atoms with Crippen molar-refractivity contribution in [1.82, 2.24) is 19.2 Å². The second-order valence-electron chi connectivity index (χ2n) is 9.62. The lowest BCUT2D eigenvalue weighted by Gasteiger charge is -2.37. The maximum Gasteiger partial charge on any atom is 0.274 e. The average molecular weight is 357 g/mol. The minimum absolute atomic E-state index is 0.0552. The summed E-state index contributed by atoms with van der Waals surface area (Å²) >= 11 is 0. The minimum Gasteiger partial charge on any atom is -0.335 e. The number of hydrogen-bond donors (Lipinski definition) is 0. The number of carbonyl (C=O) groups excluding carboxylic acids is 1. The van der Waals surface area contributed by atoms with Crippen molar-refractivity contribution in [3.05, 3.63) is 35.9 Å². The summed E-state index contributed by atoms with van der Waals surface area (Å²) in [4.78, 5) is 22.4. The van der Waals surface area contributed by atoms with Gasteiger partial charge in [0, 0.05) is 44.3 Å². The Bertz CT molecular complexity index is 786. The summed E-state index contributed by atoms with van der Waals surface area (Å²) in [6.45, 7) is 17.6. The topological polar surface area (TPSA) is 40.8 Å². The van der Waals surface area contributed by atoms with Crippen LogP contribution in [0.5, 0.6) is 0 Å². The Morgan fingerprint density at radius 3 is 2.27 bits per heavy atom. The zero-order valence-electron chi connectivity index (χ0n) is 17.0. The molecule has 0 bridgehead atoms. The molecule has 142 valence electrons. The third-order valence-corrected chi connectivity index (χ3v) is 4.78. The Labute approximate surface area is 157 Å². The van der Waals surface area contributed by atoms with E-state index in [4.69, 9.17) is 4.98 Å². The van der Waals surface area contributed by atoms with E-state index in [0.29, 0.717) is 5.69 Å². The fourth-order valence-electron chi connectivity index (χ4n) is 3.65. The Morgan fingerprint density at radius 2 is 1.69 bits per heavy atom. The van der Waals surface area contributed by atoms with E-state index in [2.05, 4.69) is 50.8 Å². The van der Waals surface area contributed by atoms with Gasteiger partial charge in [-0.05, 0) is 17.5 Å². The van der Waals surface area contributed by atoms with Gasteiger partial charge in [0.25, 0.3) is 5.91 Å². The largest absolute Gasteiger partial charge is 0.335 e. The lowest BCUT2D eigenvalue weighted by atomic mass is 9.96. The van der Waals surface area contributed by atoms with E-state index in [1.807, 2.05) is 29.3 Å². The van der Waals surface area contributed by atoms with Crippen molar-refractivity contribution in [3.8, 4) is 0 Å². The van der Waals surface area contributed by atoms with Crippen molar-refractivity contribution in [2.24, 2.45) is 5.41 Å². The van der Waals surface area contributed by atoms with Gasteiger partial charge in [0.05, 0.1) is 5.52 Å². The molecule has 0 unspecified atom stereocenters. The first-order valence-electron chi connectivity index (χ1n) is 9.55. The molecule has 0 aliphatic carbocycles. The molecule has 1 amide bonds. The summed E-state index contributed by atoms with van der Waals surface area (Å²) < 4.78 is 2.06. The van der Waals surface area contributed by atoms with E-state index in [0.717, 1.165) is 44.1 Å². The van der Waals surface area contributed by atoms with E-state index in [1.165, 1.54) is 0 Å². The molecule has 2 aromatic rings. The van der Waals surface area contributed by atoms with Gasteiger partial charge in [-0.15, -0.1) is 0 Å². The maximum atomic E-state index is 13.2. The van der Waals surface area contributed by atoms with E-state index >= 15 is 0 Å². The number of amides is 1. The molecule has 0 radical (unpaired) electrons. The normalized spacial score (nSPS) is 17.1. The van der Waals surface area contributed by atoms with Gasteiger partial charge in [0.2, 0.25) is 0 Å². The highest BCUT2D eigenvalue weighted by molar-refractivity contribution is 5.99. The van der Waals surface area contributed by atoms with Crippen molar-refractivity contribution >= 4 is 11.4 Å². The molecular weight excluding hydrogens is 324 g/mol. The van der Waals surface area contributed by atoms with Crippen LogP contribution in [0.25, 0.3) is 5.52 Å². The molecule has 2 aromatic heterocycles. The fourth-order valence-corrected chi connectivity index (χ4v) is 3.65. The third-order valence-electron chi connectivity index (χ3n) is 4.78. The SMILES string of the molecule is CC(C)(C)CN1CCN(C(=O)c2nc(C(C)(C)C)n3ccccc23)CC1. The summed E-state index contributed by atoms with van der Waals surface area (Å²) in [5.74, 6) is 0.988. The van der Waals surface area contributed by atoms with Gasteiger partial charge in [-0.3, -0.25) is 9.69 Å². The van der Waals surface area contributed by atoms with Crippen LogP contribution in [-0.2, 0) is 5.41 Å². The molecule has 0 saturated carbocycles.